The predicted octanol–water partition coefficient (Wildman–Crippen LogP) is 9.55. The van der Waals surface area contributed by atoms with E-state index < -0.39 is 0 Å². The maximum Gasteiger partial charge on any atom is -0.0279 e. The normalized spacial score (nSPS) is 8.78. The third kappa shape index (κ3) is 9.59. The third-order valence-electron chi connectivity index (χ3n) is 5.13. The number of hydrogen-bond donors (Lipinski definition) is 0. The van der Waals surface area contributed by atoms with E-state index in [-0.39, 0.29) is 22.3 Å². The van der Waals surface area contributed by atoms with Crippen molar-refractivity contribution in [3.8, 4) is 11.1 Å². The summed E-state index contributed by atoms with van der Waals surface area (Å²) in [6, 6.07) is 48.7. The maximum atomic E-state index is 2.97. The van der Waals surface area contributed by atoms with E-state index in [9.17, 15) is 0 Å². The van der Waals surface area contributed by atoms with Gasteiger partial charge in [-0.3, -0.25) is 0 Å². The summed E-state index contributed by atoms with van der Waals surface area (Å²) in [6.07, 6.45) is 0. The fourth-order valence-corrected chi connectivity index (χ4v) is 3.68. The van der Waals surface area contributed by atoms with Gasteiger partial charge in [-0.1, -0.05) is 55.0 Å². The van der Waals surface area contributed by atoms with E-state index >= 15 is 0 Å². The van der Waals surface area contributed by atoms with Gasteiger partial charge >= 0.3 is 26.8 Å². The van der Waals surface area contributed by atoms with Crippen molar-refractivity contribution >= 4 is 29.2 Å². The fourth-order valence-electron chi connectivity index (χ4n) is 3.68. The molecule has 0 nitrogen and oxygen atoms in total. The van der Waals surface area contributed by atoms with Crippen LogP contribution in [0.3, 0.4) is 0 Å². The zero-order valence-electron chi connectivity index (χ0n) is 21.7. The summed E-state index contributed by atoms with van der Waals surface area (Å²) in [5.74, 6) is 0. The first-order chi connectivity index (χ1) is 16.3. The average molecular weight is 519 g/mol. The Morgan fingerprint density at radius 3 is 1.89 bits per heavy atom. The topological polar surface area (TPSA) is 0 Å². The van der Waals surface area contributed by atoms with Crippen molar-refractivity contribution in [2.24, 2.45) is 0 Å². The van der Waals surface area contributed by atoms with Crippen molar-refractivity contribution in [2.75, 3.05) is 0 Å². The second-order valence-electron chi connectivity index (χ2n) is 7.44. The van der Waals surface area contributed by atoms with Crippen LogP contribution in [0.2, 0.25) is 0 Å². The molecule has 0 aliphatic carbocycles. The number of fused-ring (bicyclic) bond motifs is 2. The molecule has 0 atom stereocenters. The van der Waals surface area contributed by atoms with Crippen LogP contribution in [0.1, 0.15) is 5.56 Å². The smallest absolute Gasteiger partial charge is 0.0279 e. The van der Waals surface area contributed by atoms with Gasteiger partial charge in [0.15, 0.2) is 0 Å². The van der Waals surface area contributed by atoms with Gasteiger partial charge in [0.25, 0.3) is 0 Å². The molecule has 184 valence electrons. The molecule has 6 aromatic rings. The van der Waals surface area contributed by atoms with Gasteiger partial charge < -0.3 is 22.3 Å². The Kier molecular flexibility index (Phi) is 16.8. The van der Waals surface area contributed by atoms with Crippen LogP contribution in [0.4, 0.5) is 0 Å². The molecule has 0 heterocycles. The minimum atomic E-state index is 0. The summed E-state index contributed by atoms with van der Waals surface area (Å²) in [6.45, 7) is 2.12. The van der Waals surface area contributed by atoms with Gasteiger partial charge in [-0.2, -0.15) is 54.6 Å². The number of rotatable bonds is 1. The number of aryl methyl sites for hydroxylation is 1. The van der Waals surface area contributed by atoms with E-state index in [2.05, 4.69) is 124 Å². The Bertz CT molecular complexity index is 1290. The zero-order valence-corrected chi connectivity index (χ0v) is 24.3. The van der Waals surface area contributed by atoms with Gasteiger partial charge in [0, 0.05) is 0 Å². The van der Waals surface area contributed by atoms with Crippen molar-refractivity contribution in [2.45, 2.75) is 6.92 Å². The number of benzene rings is 4. The largest absolute Gasteiger partial charge is 0.184 e. The Morgan fingerprint density at radius 1 is 0.667 bits per heavy atom. The van der Waals surface area contributed by atoms with Gasteiger partial charge in [-0.25, -0.2) is 0 Å². The Labute approximate surface area is 232 Å². The molecule has 0 bridgehead atoms. The monoisotopic (exact) mass is 518 g/mol. The van der Waals surface area contributed by atoms with Crippen LogP contribution in [0.5, 0.6) is 0 Å². The van der Waals surface area contributed by atoms with Crippen molar-refractivity contribution in [1.29, 1.82) is 0 Å². The SMILES string of the molecule is Cc1cc2ccccc2[cH-]1.[CH3-].[CH3-].[CH3-].[Si]=[Ti].[c-]1ccccc1.c1ccc(-c2cccc3[cH-]ccc23)cc1. The summed E-state index contributed by atoms with van der Waals surface area (Å²) in [5.41, 5.74) is 3.95. The second kappa shape index (κ2) is 18.3. The molecule has 0 N–H and O–H groups in total. The maximum absolute atomic E-state index is 2.97. The second-order valence-corrected chi connectivity index (χ2v) is 7.44. The van der Waals surface area contributed by atoms with Gasteiger partial charge in [0.2, 0.25) is 0 Å². The first-order valence-electron chi connectivity index (χ1n) is 10.8. The average Bonchev–Trinajstić information content (AvgIpc) is 3.53. The van der Waals surface area contributed by atoms with Crippen LogP contribution in [-0.2, 0) is 19.2 Å². The van der Waals surface area contributed by atoms with E-state index in [1.807, 2.05) is 30.3 Å². The molecule has 0 aromatic heterocycles. The standard InChI is InChI=1S/C15H11.C10H9.C6H5.3CH3.Si.Ti/c1-2-6-12(7-3-1)14-10-4-8-13-9-5-11-15(13)14;1-8-6-9-4-2-3-5-10(9)7-8;1-2-4-6-5-3-1;;;;;/h1-11H;2-7H,1H3;1-5H;3*1H3;;/q6*-1;;. The Balaban J connectivity index is 0.000000512. The van der Waals surface area contributed by atoms with E-state index in [0.29, 0.717) is 0 Å². The molecule has 0 saturated heterocycles. The minimum absolute atomic E-state index is 0. The van der Waals surface area contributed by atoms with Crippen molar-refractivity contribution in [1.82, 2.24) is 0 Å². The van der Waals surface area contributed by atoms with Crippen molar-refractivity contribution in [3.05, 3.63) is 167 Å². The van der Waals surface area contributed by atoms with Crippen LogP contribution < -0.4 is 0 Å². The van der Waals surface area contributed by atoms with Gasteiger partial charge in [-0.15, -0.1) is 69.6 Å². The molecule has 0 saturated carbocycles. The quantitative estimate of drug-likeness (QED) is 0.150. The molecule has 6 rings (SSSR count). The Hall–Kier alpha value is -2.97. The molecule has 0 aliphatic rings. The molecule has 0 aliphatic heterocycles. The van der Waals surface area contributed by atoms with Crippen LogP contribution >= 0.6 is 0 Å². The van der Waals surface area contributed by atoms with Crippen LogP contribution in [0.25, 0.3) is 32.7 Å². The summed E-state index contributed by atoms with van der Waals surface area (Å²) in [7, 11) is 2.97. The summed E-state index contributed by atoms with van der Waals surface area (Å²) < 4.78 is 0. The molecule has 6 aromatic carbocycles. The molecular formula is C34H34SiTi-6. The summed E-state index contributed by atoms with van der Waals surface area (Å²) in [5, 5.41) is 5.35. The molecule has 2 heteroatoms. The zero-order chi connectivity index (χ0) is 23.3. The Morgan fingerprint density at radius 2 is 1.28 bits per heavy atom. The van der Waals surface area contributed by atoms with Crippen LogP contribution in [0, 0.1) is 35.3 Å². The van der Waals surface area contributed by atoms with Crippen molar-refractivity contribution in [3.63, 3.8) is 0 Å². The molecule has 2 radical (unpaired) electrons. The van der Waals surface area contributed by atoms with E-state index in [1.165, 1.54) is 38.2 Å². The van der Waals surface area contributed by atoms with E-state index in [4.69, 9.17) is 0 Å². The summed E-state index contributed by atoms with van der Waals surface area (Å²) in [4.78, 5) is 0. The first-order valence-corrected chi connectivity index (χ1v) is 13.6. The molecular weight excluding hydrogens is 484 g/mol. The van der Waals surface area contributed by atoms with Crippen LogP contribution in [-0.4, -0.2) is 7.63 Å². The minimum Gasteiger partial charge on any atom is -0.184 e. The van der Waals surface area contributed by atoms with Gasteiger partial charge in [-0.05, 0) is 5.56 Å². The van der Waals surface area contributed by atoms with E-state index in [1.54, 1.807) is 19.2 Å². The fraction of sp³-hybridized carbons (Fsp3) is 0.0294. The summed E-state index contributed by atoms with van der Waals surface area (Å²) >= 11 is 1.81. The molecule has 0 unspecified atom stereocenters. The molecule has 0 spiro atoms. The first kappa shape index (κ1) is 33.0. The molecule has 36 heavy (non-hydrogen) atoms. The predicted molar refractivity (Wildman–Crippen MR) is 160 cm³/mol. The number of hydrogen-bond acceptors (Lipinski definition) is 0. The third-order valence-corrected chi connectivity index (χ3v) is 5.13. The van der Waals surface area contributed by atoms with Crippen LogP contribution in [0.15, 0.2) is 133 Å². The molecule has 0 fully saturated rings. The van der Waals surface area contributed by atoms with Gasteiger partial charge in [0.05, 0.1) is 0 Å². The van der Waals surface area contributed by atoms with Gasteiger partial charge in [0.1, 0.15) is 0 Å². The van der Waals surface area contributed by atoms with Crippen molar-refractivity contribution < 1.29 is 19.2 Å². The molecule has 0 amide bonds. The van der Waals surface area contributed by atoms with E-state index in [0.717, 1.165) is 0 Å².